The van der Waals surface area contributed by atoms with Gasteiger partial charge in [-0.2, -0.15) is 0 Å². The topological polar surface area (TPSA) is 69.6 Å². The Morgan fingerprint density at radius 2 is 1.20 bits per heavy atom. The van der Waals surface area contributed by atoms with Crippen LogP contribution in [0.5, 0.6) is 0 Å². The van der Waals surface area contributed by atoms with E-state index in [-0.39, 0.29) is 12.5 Å². The summed E-state index contributed by atoms with van der Waals surface area (Å²) in [5, 5.41) is 11.1. The van der Waals surface area contributed by atoms with E-state index in [0.717, 1.165) is 25.9 Å². The number of hydrogen-bond acceptors (Lipinski definition) is 3. The van der Waals surface area contributed by atoms with Crippen molar-refractivity contribution in [1.29, 1.82) is 0 Å². The number of rotatable bonds is 18. The fourth-order valence-electron chi connectivity index (χ4n) is 2.93. The molecule has 0 aromatic heterocycles. The largest absolute Gasteiger partial charge is 0.480 e. The maximum Gasteiger partial charge on any atom is 0.322 e. The molecule has 0 aliphatic heterocycles. The van der Waals surface area contributed by atoms with Gasteiger partial charge in [0.15, 0.2) is 0 Å². The predicted molar refractivity (Wildman–Crippen MR) is 104 cm³/mol. The number of carboxylic acid groups (broad SMARTS) is 1. The molecule has 2 N–H and O–H groups in total. The fraction of sp³-hybridized carbons (Fsp3) is 0.900. The van der Waals surface area contributed by atoms with Gasteiger partial charge < -0.3 is 10.4 Å². The number of carboxylic acids is 1. The van der Waals surface area contributed by atoms with Gasteiger partial charge in [0, 0.05) is 0 Å². The number of hydrogen-bond donors (Lipinski definition) is 2. The highest BCUT2D eigenvalue weighted by molar-refractivity contribution is 5.82. The highest BCUT2D eigenvalue weighted by atomic mass is 16.4. The average molecular weight is 357 g/mol. The monoisotopic (exact) mass is 356 g/mol. The second-order valence-electron chi connectivity index (χ2n) is 6.98. The highest BCUT2D eigenvalue weighted by Gasteiger charge is 2.11. The summed E-state index contributed by atoms with van der Waals surface area (Å²) in [5.41, 5.74) is 0. The van der Waals surface area contributed by atoms with Crippen LogP contribution in [0.15, 0.2) is 0 Å². The number of nitrogens with one attached hydrogen (secondary N) is 1. The third-order valence-electron chi connectivity index (χ3n) is 4.46. The molecule has 0 saturated carbocycles. The summed E-state index contributed by atoms with van der Waals surface area (Å²) in [6.45, 7) is 6.33. The van der Waals surface area contributed by atoms with Gasteiger partial charge in [-0.3, -0.25) is 14.5 Å². The minimum Gasteiger partial charge on any atom is -0.480 e. The zero-order valence-corrected chi connectivity index (χ0v) is 16.5. The van der Waals surface area contributed by atoms with Crippen LogP contribution in [-0.4, -0.2) is 48.1 Å². The molecule has 0 radical (unpaired) electrons. The van der Waals surface area contributed by atoms with Crippen molar-refractivity contribution in [1.82, 2.24) is 10.2 Å². The van der Waals surface area contributed by atoms with E-state index in [4.69, 9.17) is 5.11 Å². The first kappa shape index (κ1) is 23.9. The lowest BCUT2D eigenvalue weighted by atomic mass is 10.1. The second kappa shape index (κ2) is 17.7. The Kier molecular flexibility index (Phi) is 16.9. The minimum atomic E-state index is -0.994. The molecule has 0 atom stereocenters. The van der Waals surface area contributed by atoms with Crippen LogP contribution in [-0.2, 0) is 9.59 Å². The standard InChI is InChI=1S/C20H40N2O3/c1-3-5-7-9-11-13-15-22(16-14-12-10-8-6-4-2)18-19(23)21-17-20(24)25/h3-18H2,1-2H3,(H,21,23)(H,24,25). The molecule has 0 bridgehead atoms. The number of amides is 1. The number of unbranched alkanes of at least 4 members (excludes halogenated alkanes) is 10. The van der Waals surface area contributed by atoms with Crippen molar-refractivity contribution in [3.05, 3.63) is 0 Å². The Hall–Kier alpha value is -1.10. The smallest absolute Gasteiger partial charge is 0.322 e. The molecule has 148 valence electrons. The van der Waals surface area contributed by atoms with Crippen LogP contribution in [0, 0.1) is 0 Å². The lowest BCUT2D eigenvalue weighted by Gasteiger charge is -2.21. The molecule has 0 aromatic carbocycles. The molecule has 0 saturated heterocycles. The van der Waals surface area contributed by atoms with Gasteiger partial charge in [0.1, 0.15) is 6.54 Å². The third-order valence-corrected chi connectivity index (χ3v) is 4.46. The van der Waals surface area contributed by atoms with Crippen LogP contribution < -0.4 is 5.32 Å². The summed E-state index contributed by atoms with van der Waals surface area (Å²) in [6, 6.07) is 0. The van der Waals surface area contributed by atoms with Crippen LogP contribution in [0.4, 0.5) is 0 Å². The summed E-state index contributed by atoms with van der Waals surface area (Å²) in [6.07, 6.45) is 14.9. The summed E-state index contributed by atoms with van der Waals surface area (Å²) in [4.78, 5) is 24.6. The van der Waals surface area contributed by atoms with E-state index in [0.29, 0.717) is 6.54 Å². The van der Waals surface area contributed by atoms with E-state index >= 15 is 0 Å². The molecule has 25 heavy (non-hydrogen) atoms. The van der Waals surface area contributed by atoms with E-state index in [9.17, 15) is 9.59 Å². The van der Waals surface area contributed by atoms with E-state index in [1.807, 2.05) is 0 Å². The Morgan fingerprint density at radius 1 is 0.760 bits per heavy atom. The molecule has 0 aromatic rings. The lowest BCUT2D eigenvalue weighted by molar-refractivity contribution is -0.138. The Labute approximate surface area is 154 Å². The Morgan fingerprint density at radius 3 is 1.64 bits per heavy atom. The van der Waals surface area contributed by atoms with Gasteiger partial charge in [-0.25, -0.2) is 0 Å². The molecule has 0 spiro atoms. The van der Waals surface area contributed by atoms with Gasteiger partial charge in [0.2, 0.25) is 5.91 Å². The Balaban J connectivity index is 4.03. The zero-order chi connectivity index (χ0) is 18.8. The quantitative estimate of drug-likeness (QED) is 0.361. The van der Waals surface area contributed by atoms with Gasteiger partial charge in [0.25, 0.3) is 0 Å². The summed E-state index contributed by atoms with van der Waals surface area (Å²) >= 11 is 0. The van der Waals surface area contributed by atoms with Crippen molar-refractivity contribution in [2.24, 2.45) is 0 Å². The van der Waals surface area contributed by atoms with E-state index < -0.39 is 5.97 Å². The molecule has 0 aliphatic rings. The van der Waals surface area contributed by atoms with Crippen molar-refractivity contribution < 1.29 is 14.7 Å². The SMILES string of the molecule is CCCCCCCCN(CCCCCCCC)CC(=O)NCC(=O)O. The zero-order valence-electron chi connectivity index (χ0n) is 16.5. The normalized spacial score (nSPS) is 11.0. The molecular formula is C20H40N2O3. The first-order valence-electron chi connectivity index (χ1n) is 10.3. The van der Waals surface area contributed by atoms with Gasteiger partial charge in [-0.1, -0.05) is 78.1 Å². The van der Waals surface area contributed by atoms with Gasteiger partial charge in [-0.05, 0) is 25.9 Å². The van der Waals surface area contributed by atoms with Gasteiger partial charge in [-0.15, -0.1) is 0 Å². The first-order valence-corrected chi connectivity index (χ1v) is 10.3. The number of carbonyl (C=O) groups excluding carboxylic acids is 1. The van der Waals surface area contributed by atoms with Crippen molar-refractivity contribution in [3.63, 3.8) is 0 Å². The molecule has 5 heteroatoms. The van der Waals surface area contributed by atoms with Gasteiger partial charge in [0.05, 0.1) is 6.54 Å². The van der Waals surface area contributed by atoms with Crippen molar-refractivity contribution in [3.8, 4) is 0 Å². The molecule has 0 rings (SSSR count). The molecule has 0 aliphatic carbocycles. The summed E-state index contributed by atoms with van der Waals surface area (Å²) in [7, 11) is 0. The number of carbonyl (C=O) groups is 2. The molecule has 0 unspecified atom stereocenters. The summed E-state index contributed by atoms with van der Waals surface area (Å²) < 4.78 is 0. The predicted octanol–water partition coefficient (Wildman–Crippen LogP) is 4.21. The molecule has 0 heterocycles. The molecule has 5 nitrogen and oxygen atoms in total. The van der Waals surface area contributed by atoms with Crippen molar-refractivity contribution in [2.75, 3.05) is 26.2 Å². The van der Waals surface area contributed by atoms with E-state index in [1.54, 1.807) is 0 Å². The summed E-state index contributed by atoms with van der Waals surface area (Å²) in [5.74, 6) is -1.17. The molecule has 1 amide bonds. The minimum absolute atomic E-state index is 0.181. The first-order chi connectivity index (χ1) is 12.1. The van der Waals surface area contributed by atoms with Crippen molar-refractivity contribution in [2.45, 2.75) is 90.9 Å². The second-order valence-corrected chi connectivity index (χ2v) is 6.98. The Bertz CT molecular complexity index is 319. The maximum absolute atomic E-state index is 11.9. The van der Waals surface area contributed by atoms with E-state index in [2.05, 4.69) is 24.1 Å². The number of aliphatic carboxylic acids is 1. The third kappa shape index (κ3) is 17.5. The highest BCUT2D eigenvalue weighted by Crippen LogP contribution is 2.08. The fourth-order valence-corrected chi connectivity index (χ4v) is 2.93. The maximum atomic E-state index is 11.9. The van der Waals surface area contributed by atoms with Crippen LogP contribution in [0.3, 0.4) is 0 Å². The van der Waals surface area contributed by atoms with Crippen LogP contribution in [0.2, 0.25) is 0 Å². The van der Waals surface area contributed by atoms with Gasteiger partial charge >= 0.3 is 5.97 Å². The van der Waals surface area contributed by atoms with Crippen LogP contribution in [0.25, 0.3) is 0 Å². The van der Waals surface area contributed by atoms with Crippen LogP contribution >= 0.6 is 0 Å². The average Bonchev–Trinajstić information content (AvgIpc) is 2.58. The molecular weight excluding hydrogens is 316 g/mol. The van der Waals surface area contributed by atoms with Crippen molar-refractivity contribution >= 4 is 11.9 Å². The number of nitrogens with zero attached hydrogens (tertiary/aromatic N) is 1. The lowest BCUT2D eigenvalue weighted by Crippen LogP contribution is -2.40. The molecule has 0 fully saturated rings. The van der Waals surface area contributed by atoms with E-state index in [1.165, 1.54) is 64.2 Å². The van der Waals surface area contributed by atoms with Crippen LogP contribution in [0.1, 0.15) is 90.9 Å².